The van der Waals surface area contributed by atoms with Crippen molar-refractivity contribution in [2.75, 3.05) is 33.0 Å². The quantitative estimate of drug-likeness (QED) is 0.231. The number of rotatable bonds is 12. The summed E-state index contributed by atoms with van der Waals surface area (Å²) in [6.07, 6.45) is 6.79. The van der Waals surface area contributed by atoms with Crippen molar-refractivity contribution in [3.63, 3.8) is 0 Å². The molecule has 202 valence electrons. The Labute approximate surface area is 201 Å². The van der Waals surface area contributed by atoms with Crippen molar-refractivity contribution < 1.29 is 30.6 Å². The van der Waals surface area contributed by atoms with Crippen LogP contribution in [0.4, 0.5) is 0 Å². The van der Waals surface area contributed by atoms with Gasteiger partial charge in [0, 0.05) is 33.0 Å². The molecular formula is C26H62O6. The van der Waals surface area contributed by atoms with Gasteiger partial charge in [0.15, 0.2) is 0 Å². The lowest BCUT2D eigenvalue weighted by molar-refractivity contribution is 0.168. The number of aliphatic hydroxyl groups excluding tert-OH is 6. The highest BCUT2D eigenvalue weighted by molar-refractivity contribution is 4.57. The molecule has 0 aliphatic rings. The van der Waals surface area contributed by atoms with Gasteiger partial charge in [-0.3, -0.25) is 0 Å². The fraction of sp³-hybridized carbons (Fsp3) is 1.00. The first kappa shape index (κ1) is 42.0. The van der Waals surface area contributed by atoms with Crippen LogP contribution in [-0.4, -0.2) is 69.8 Å². The first-order valence-electron chi connectivity index (χ1n) is 12.7. The second-order valence-electron chi connectivity index (χ2n) is 9.00. The van der Waals surface area contributed by atoms with Crippen LogP contribution in [0.5, 0.6) is 0 Å². The molecule has 0 saturated carbocycles. The Morgan fingerprint density at radius 3 is 1.09 bits per heavy atom. The van der Waals surface area contributed by atoms with Gasteiger partial charge in [-0.05, 0) is 49.9 Å². The zero-order valence-electron chi connectivity index (χ0n) is 23.1. The van der Waals surface area contributed by atoms with Crippen LogP contribution in [-0.2, 0) is 0 Å². The van der Waals surface area contributed by atoms with Crippen LogP contribution in [0.1, 0.15) is 107 Å². The third-order valence-corrected chi connectivity index (χ3v) is 4.60. The van der Waals surface area contributed by atoms with Gasteiger partial charge in [-0.1, -0.05) is 81.1 Å². The fourth-order valence-corrected chi connectivity index (χ4v) is 2.06. The van der Waals surface area contributed by atoms with E-state index in [0.717, 1.165) is 32.1 Å². The molecule has 3 unspecified atom stereocenters. The lowest BCUT2D eigenvalue weighted by Crippen LogP contribution is -2.11. The molecule has 0 saturated heterocycles. The summed E-state index contributed by atoms with van der Waals surface area (Å²) in [6, 6.07) is 0. The number of aliphatic hydroxyl groups is 6. The Morgan fingerprint density at radius 2 is 1.06 bits per heavy atom. The van der Waals surface area contributed by atoms with Crippen LogP contribution in [0.25, 0.3) is 0 Å². The van der Waals surface area contributed by atoms with E-state index in [1.165, 1.54) is 6.42 Å². The highest BCUT2D eigenvalue weighted by atomic mass is 16.3. The number of unbranched alkanes of at least 4 members (excludes halogenated alkanes) is 2. The minimum absolute atomic E-state index is 0.0938. The van der Waals surface area contributed by atoms with Crippen molar-refractivity contribution in [3.8, 4) is 0 Å². The van der Waals surface area contributed by atoms with E-state index < -0.39 is 0 Å². The van der Waals surface area contributed by atoms with Crippen LogP contribution in [0.3, 0.4) is 0 Å². The van der Waals surface area contributed by atoms with E-state index in [-0.39, 0.29) is 19.3 Å². The van der Waals surface area contributed by atoms with E-state index >= 15 is 0 Å². The van der Waals surface area contributed by atoms with Gasteiger partial charge in [0.25, 0.3) is 0 Å². The van der Waals surface area contributed by atoms with Crippen molar-refractivity contribution in [2.24, 2.45) is 23.7 Å². The molecule has 0 spiro atoms. The first-order chi connectivity index (χ1) is 15.0. The Kier molecular flexibility index (Phi) is 49.9. The summed E-state index contributed by atoms with van der Waals surface area (Å²) in [5.74, 6) is 2.25. The molecular weight excluding hydrogens is 408 g/mol. The van der Waals surface area contributed by atoms with E-state index in [1.807, 2.05) is 13.8 Å². The molecule has 0 rings (SSSR count). The SMILES string of the molecule is CC(C)CC(C)O.CCC(C)CO.CCC(CO)C(C)C.CCCCCO.OCCCO. The molecule has 0 radical (unpaired) electrons. The van der Waals surface area contributed by atoms with Gasteiger partial charge >= 0.3 is 0 Å². The third kappa shape index (κ3) is 57.1. The molecule has 0 aliphatic carbocycles. The Hall–Kier alpha value is -0.240. The monoisotopic (exact) mass is 470 g/mol. The van der Waals surface area contributed by atoms with Crippen LogP contribution in [0.15, 0.2) is 0 Å². The summed E-state index contributed by atoms with van der Waals surface area (Å²) in [6.45, 7) is 19.9. The molecule has 0 aromatic rings. The van der Waals surface area contributed by atoms with E-state index in [2.05, 4.69) is 48.5 Å². The van der Waals surface area contributed by atoms with Crippen LogP contribution in [0.2, 0.25) is 0 Å². The summed E-state index contributed by atoms with van der Waals surface area (Å²) in [4.78, 5) is 0. The smallest absolute Gasteiger partial charge is 0.0514 e. The van der Waals surface area contributed by atoms with Gasteiger partial charge in [0.2, 0.25) is 0 Å². The maximum absolute atomic E-state index is 8.72. The second-order valence-corrected chi connectivity index (χ2v) is 9.00. The summed E-state index contributed by atoms with van der Waals surface area (Å²) in [7, 11) is 0. The predicted molar refractivity (Wildman–Crippen MR) is 139 cm³/mol. The summed E-state index contributed by atoms with van der Waals surface area (Å²) < 4.78 is 0. The van der Waals surface area contributed by atoms with Crippen molar-refractivity contribution in [1.29, 1.82) is 0 Å². The zero-order chi connectivity index (χ0) is 26.4. The number of hydrogen-bond donors (Lipinski definition) is 6. The van der Waals surface area contributed by atoms with Crippen LogP contribution >= 0.6 is 0 Å². The molecule has 6 nitrogen and oxygen atoms in total. The molecule has 6 N–H and O–H groups in total. The highest BCUT2D eigenvalue weighted by Crippen LogP contribution is 2.12. The molecule has 3 atom stereocenters. The van der Waals surface area contributed by atoms with Crippen LogP contribution < -0.4 is 0 Å². The summed E-state index contributed by atoms with van der Waals surface area (Å²) in [5, 5.41) is 49.8. The minimum Gasteiger partial charge on any atom is -0.396 e. The van der Waals surface area contributed by atoms with Crippen molar-refractivity contribution >= 4 is 0 Å². The van der Waals surface area contributed by atoms with Gasteiger partial charge in [0.05, 0.1) is 6.10 Å². The molecule has 32 heavy (non-hydrogen) atoms. The van der Waals surface area contributed by atoms with E-state index in [0.29, 0.717) is 49.9 Å². The van der Waals surface area contributed by atoms with Crippen molar-refractivity contribution in [3.05, 3.63) is 0 Å². The maximum atomic E-state index is 8.72. The largest absolute Gasteiger partial charge is 0.396 e. The molecule has 0 aromatic carbocycles. The average Bonchev–Trinajstić information content (AvgIpc) is 2.73. The molecule has 0 aliphatic heterocycles. The summed E-state index contributed by atoms with van der Waals surface area (Å²) >= 11 is 0. The molecule has 0 heterocycles. The fourth-order valence-electron chi connectivity index (χ4n) is 2.06. The Balaban J connectivity index is -0.0000000958. The van der Waals surface area contributed by atoms with Gasteiger partial charge in [-0.25, -0.2) is 0 Å². The second kappa shape index (κ2) is 38.0. The topological polar surface area (TPSA) is 121 Å². The average molecular weight is 471 g/mol. The molecule has 0 fully saturated rings. The van der Waals surface area contributed by atoms with E-state index in [1.54, 1.807) is 0 Å². The van der Waals surface area contributed by atoms with Gasteiger partial charge < -0.3 is 30.6 Å². The Morgan fingerprint density at radius 1 is 0.594 bits per heavy atom. The normalized spacial score (nSPS) is 12.7. The first-order valence-corrected chi connectivity index (χ1v) is 12.7. The standard InChI is InChI=1S/C7H16O.C6H14O.2C5H12O.C3H8O2/c1-4-7(5-8)6(2)3;1-5(2)4-6(3)7;1-3-5(2)4-6;1-2-3-4-5-6;4-2-1-3-5/h6-8H,4-5H2,1-3H3;5-7H,4H2,1-3H3;5-6H,3-4H2,1-2H3;6H,2-5H2,1H3;4-5H,1-3H2. The van der Waals surface area contributed by atoms with Crippen molar-refractivity contribution in [2.45, 2.75) is 113 Å². The van der Waals surface area contributed by atoms with E-state index in [4.69, 9.17) is 30.6 Å². The van der Waals surface area contributed by atoms with Crippen LogP contribution in [0, 0.1) is 23.7 Å². The minimum atomic E-state index is -0.125. The van der Waals surface area contributed by atoms with E-state index in [9.17, 15) is 0 Å². The lowest BCUT2D eigenvalue weighted by Gasteiger charge is -2.14. The third-order valence-electron chi connectivity index (χ3n) is 4.60. The van der Waals surface area contributed by atoms with Gasteiger partial charge in [0.1, 0.15) is 0 Å². The lowest BCUT2D eigenvalue weighted by atomic mass is 9.95. The van der Waals surface area contributed by atoms with Gasteiger partial charge in [-0.15, -0.1) is 0 Å². The zero-order valence-corrected chi connectivity index (χ0v) is 23.1. The predicted octanol–water partition coefficient (Wildman–Crippen LogP) is 4.63. The number of hydrogen-bond acceptors (Lipinski definition) is 6. The maximum Gasteiger partial charge on any atom is 0.0514 e. The molecule has 0 aromatic heterocycles. The Bertz CT molecular complexity index is 253. The van der Waals surface area contributed by atoms with Gasteiger partial charge in [-0.2, -0.15) is 0 Å². The van der Waals surface area contributed by atoms with Crippen molar-refractivity contribution in [1.82, 2.24) is 0 Å². The molecule has 0 bridgehead atoms. The molecule has 6 heteroatoms. The highest BCUT2D eigenvalue weighted by Gasteiger charge is 2.07. The molecule has 0 amide bonds. The summed E-state index contributed by atoms with van der Waals surface area (Å²) in [5.41, 5.74) is 0.